The van der Waals surface area contributed by atoms with Crippen LogP contribution in [0.4, 0.5) is 10.9 Å². The third-order valence-corrected chi connectivity index (χ3v) is 4.36. The maximum atomic E-state index is 12.3. The van der Waals surface area contributed by atoms with Gasteiger partial charge in [0.1, 0.15) is 11.5 Å². The van der Waals surface area contributed by atoms with Gasteiger partial charge in [-0.1, -0.05) is 26.3 Å². The van der Waals surface area contributed by atoms with Gasteiger partial charge in [-0.15, -0.1) is 11.3 Å². The highest BCUT2D eigenvalue weighted by Crippen LogP contribution is 2.25. The average molecular weight is 382 g/mol. The van der Waals surface area contributed by atoms with Gasteiger partial charge < -0.3 is 5.32 Å². The van der Waals surface area contributed by atoms with Gasteiger partial charge in [-0.3, -0.25) is 15.1 Å². The standard InChI is InChI=1S/C17H15N5OS.C3H8/c23-16(11-4-7-15(19-9-11)20-12-5-6-12)22-17-21-14(10-24-17)13-3-1-2-8-18-13;1-3-2/h1-4,7-10,12H,5-6H2,(H,19,20)(H,21,22,23);3H2,1-2H3. The molecule has 0 atom stereocenters. The van der Waals surface area contributed by atoms with Crippen molar-refractivity contribution >= 4 is 28.2 Å². The molecular formula is C20H23N5OS. The predicted molar refractivity (Wildman–Crippen MR) is 110 cm³/mol. The first-order valence-electron chi connectivity index (χ1n) is 9.10. The number of nitrogens with zero attached hydrogens (tertiary/aromatic N) is 3. The molecule has 0 aromatic carbocycles. The van der Waals surface area contributed by atoms with E-state index in [1.165, 1.54) is 30.6 Å². The molecule has 6 nitrogen and oxygen atoms in total. The van der Waals surface area contributed by atoms with E-state index in [2.05, 4.69) is 39.4 Å². The van der Waals surface area contributed by atoms with Crippen LogP contribution in [0.2, 0.25) is 0 Å². The molecule has 0 bridgehead atoms. The summed E-state index contributed by atoms with van der Waals surface area (Å²) in [7, 11) is 0. The van der Waals surface area contributed by atoms with Crippen molar-refractivity contribution in [3.05, 3.63) is 53.7 Å². The largest absolute Gasteiger partial charge is 0.367 e. The normalized spacial score (nSPS) is 12.7. The summed E-state index contributed by atoms with van der Waals surface area (Å²) in [6.45, 7) is 4.25. The first-order chi connectivity index (χ1) is 13.2. The van der Waals surface area contributed by atoms with Gasteiger partial charge in [-0.05, 0) is 37.1 Å². The van der Waals surface area contributed by atoms with E-state index in [0.29, 0.717) is 16.7 Å². The van der Waals surface area contributed by atoms with Crippen LogP contribution in [0.25, 0.3) is 11.4 Å². The first-order valence-corrected chi connectivity index (χ1v) is 9.98. The summed E-state index contributed by atoms with van der Waals surface area (Å²) in [5.41, 5.74) is 2.04. The molecule has 0 radical (unpaired) electrons. The first kappa shape index (κ1) is 19.0. The number of carbonyl (C=O) groups excluding carboxylic acids is 1. The molecule has 27 heavy (non-hydrogen) atoms. The lowest BCUT2D eigenvalue weighted by atomic mass is 10.2. The highest BCUT2D eigenvalue weighted by Gasteiger charge is 2.21. The molecule has 0 saturated heterocycles. The minimum atomic E-state index is -0.220. The molecule has 3 heterocycles. The van der Waals surface area contributed by atoms with Gasteiger partial charge in [0.25, 0.3) is 5.91 Å². The number of hydrogen-bond donors (Lipinski definition) is 2. The van der Waals surface area contributed by atoms with Crippen molar-refractivity contribution in [2.24, 2.45) is 0 Å². The summed E-state index contributed by atoms with van der Waals surface area (Å²) < 4.78 is 0. The minimum absolute atomic E-state index is 0.220. The third kappa shape index (κ3) is 5.59. The van der Waals surface area contributed by atoms with Crippen LogP contribution < -0.4 is 10.6 Å². The van der Waals surface area contributed by atoms with Crippen LogP contribution in [0, 0.1) is 0 Å². The summed E-state index contributed by atoms with van der Waals surface area (Å²) in [6.07, 6.45) is 6.92. The van der Waals surface area contributed by atoms with Gasteiger partial charge in [0, 0.05) is 23.8 Å². The summed E-state index contributed by atoms with van der Waals surface area (Å²) >= 11 is 1.37. The van der Waals surface area contributed by atoms with E-state index in [4.69, 9.17) is 0 Å². The number of carbonyl (C=O) groups is 1. The lowest BCUT2D eigenvalue weighted by molar-refractivity contribution is 0.102. The molecule has 1 fully saturated rings. The zero-order valence-corrected chi connectivity index (χ0v) is 16.3. The molecule has 3 aromatic heterocycles. The van der Waals surface area contributed by atoms with Crippen LogP contribution in [-0.2, 0) is 0 Å². The fourth-order valence-corrected chi connectivity index (χ4v) is 2.88. The Morgan fingerprint density at radius 2 is 1.96 bits per heavy atom. The second-order valence-corrected chi connectivity index (χ2v) is 7.12. The number of aromatic nitrogens is 3. The van der Waals surface area contributed by atoms with E-state index < -0.39 is 0 Å². The molecule has 4 rings (SSSR count). The maximum absolute atomic E-state index is 12.3. The van der Waals surface area contributed by atoms with Crippen molar-refractivity contribution in [2.75, 3.05) is 10.6 Å². The molecule has 0 spiro atoms. The number of hydrogen-bond acceptors (Lipinski definition) is 6. The minimum Gasteiger partial charge on any atom is -0.367 e. The zero-order chi connectivity index (χ0) is 19.1. The lowest BCUT2D eigenvalue weighted by Gasteiger charge is -2.05. The number of anilines is 2. The zero-order valence-electron chi connectivity index (χ0n) is 15.5. The van der Waals surface area contributed by atoms with E-state index in [1.807, 2.05) is 29.6 Å². The Labute approximate surface area is 163 Å². The Hall–Kier alpha value is -2.80. The van der Waals surface area contributed by atoms with Crippen molar-refractivity contribution < 1.29 is 4.79 Å². The van der Waals surface area contributed by atoms with Crippen molar-refractivity contribution in [1.29, 1.82) is 0 Å². The summed E-state index contributed by atoms with van der Waals surface area (Å²) in [5.74, 6) is 0.586. The predicted octanol–water partition coefficient (Wildman–Crippen LogP) is 4.84. The van der Waals surface area contributed by atoms with Crippen LogP contribution >= 0.6 is 11.3 Å². The topological polar surface area (TPSA) is 79.8 Å². The maximum Gasteiger partial charge on any atom is 0.259 e. The molecule has 2 N–H and O–H groups in total. The Balaban J connectivity index is 0.000000659. The van der Waals surface area contributed by atoms with Crippen LogP contribution in [-0.4, -0.2) is 26.9 Å². The molecule has 3 aromatic rings. The molecule has 1 aliphatic carbocycles. The van der Waals surface area contributed by atoms with Gasteiger partial charge in [0.15, 0.2) is 5.13 Å². The van der Waals surface area contributed by atoms with Gasteiger partial charge >= 0.3 is 0 Å². The number of pyridine rings is 2. The van der Waals surface area contributed by atoms with E-state index in [0.717, 1.165) is 17.2 Å². The van der Waals surface area contributed by atoms with Crippen LogP contribution in [0.1, 0.15) is 43.5 Å². The summed E-state index contributed by atoms with van der Waals surface area (Å²) in [6, 6.07) is 9.78. The number of rotatable bonds is 5. The van der Waals surface area contributed by atoms with Gasteiger partial charge in [-0.2, -0.15) is 0 Å². The van der Waals surface area contributed by atoms with E-state index in [9.17, 15) is 4.79 Å². The summed E-state index contributed by atoms with van der Waals surface area (Å²) in [4.78, 5) is 25.2. The molecule has 1 amide bonds. The average Bonchev–Trinajstić information content (AvgIpc) is 3.38. The van der Waals surface area contributed by atoms with Crippen molar-refractivity contribution in [2.45, 2.75) is 39.2 Å². The Morgan fingerprint density at radius 3 is 2.59 bits per heavy atom. The highest BCUT2D eigenvalue weighted by molar-refractivity contribution is 7.14. The molecule has 0 unspecified atom stereocenters. The molecule has 1 aliphatic rings. The van der Waals surface area contributed by atoms with E-state index in [1.54, 1.807) is 18.5 Å². The van der Waals surface area contributed by atoms with Crippen molar-refractivity contribution in [1.82, 2.24) is 15.0 Å². The van der Waals surface area contributed by atoms with Gasteiger partial charge in [-0.25, -0.2) is 9.97 Å². The monoisotopic (exact) mass is 381 g/mol. The molecule has 140 valence electrons. The second kappa shape index (κ2) is 9.23. The highest BCUT2D eigenvalue weighted by atomic mass is 32.1. The molecule has 0 aliphatic heterocycles. The van der Waals surface area contributed by atoms with Gasteiger partial charge in [0.05, 0.1) is 11.3 Å². The van der Waals surface area contributed by atoms with Crippen molar-refractivity contribution in [3.63, 3.8) is 0 Å². The van der Waals surface area contributed by atoms with Crippen LogP contribution in [0.3, 0.4) is 0 Å². The van der Waals surface area contributed by atoms with E-state index in [-0.39, 0.29) is 5.91 Å². The summed E-state index contributed by atoms with van der Waals surface area (Å²) in [5, 5.41) is 8.51. The van der Waals surface area contributed by atoms with Crippen LogP contribution in [0.5, 0.6) is 0 Å². The molecular weight excluding hydrogens is 358 g/mol. The second-order valence-electron chi connectivity index (χ2n) is 6.26. The number of nitrogens with one attached hydrogen (secondary N) is 2. The Bertz CT molecular complexity index is 860. The van der Waals surface area contributed by atoms with E-state index >= 15 is 0 Å². The van der Waals surface area contributed by atoms with Crippen LogP contribution in [0.15, 0.2) is 48.1 Å². The fraction of sp³-hybridized carbons (Fsp3) is 0.300. The Morgan fingerprint density at radius 1 is 1.15 bits per heavy atom. The Kier molecular flexibility index (Phi) is 6.49. The smallest absolute Gasteiger partial charge is 0.259 e. The lowest BCUT2D eigenvalue weighted by Crippen LogP contribution is -2.12. The quantitative estimate of drug-likeness (QED) is 0.661. The fourth-order valence-electron chi connectivity index (χ4n) is 2.18. The number of amides is 1. The molecule has 7 heteroatoms. The molecule has 1 saturated carbocycles. The van der Waals surface area contributed by atoms with Crippen molar-refractivity contribution in [3.8, 4) is 11.4 Å². The van der Waals surface area contributed by atoms with Gasteiger partial charge in [0.2, 0.25) is 0 Å². The SMILES string of the molecule is CCC.O=C(Nc1nc(-c2ccccn2)cs1)c1ccc(NC2CC2)nc1. The third-order valence-electron chi connectivity index (χ3n) is 3.61. The number of thiazole rings is 1.